The van der Waals surface area contributed by atoms with Crippen LogP contribution in [0.5, 0.6) is 0 Å². The SMILES string of the molecule is C[C@@H]1C[C@H](N)C[C@H](c2ccncc2NC(=O)c2ccc(F)c(-c3c(F)cccc3F)n2)O1. The molecule has 4 rings (SSSR count). The third-order valence-corrected chi connectivity index (χ3v) is 5.28. The van der Waals surface area contributed by atoms with Crippen LogP contribution in [0.2, 0.25) is 0 Å². The van der Waals surface area contributed by atoms with E-state index < -0.39 is 34.6 Å². The normalized spacial score (nSPS) is 20.7. The number of carbonyl (C=O) groups excluding carboxylic acids is 1. The van der Waals surface area contributed by atoms with Crippen LogP contribution in [0.1, 0.15) is 41.9 Å². The average Bonchev–Trinajstić information content (AvgIpc) is 2.74. The van der Waals surface area contributed by atoms with Gasteiger partial charge >= 0.3 is 0 Å². The van der Waals surface area contributed by atoms with Crippen molar-refractivity contribution in [2.75, 3.05) is 5.32 Å². The molecule has 0 spiro atoms. The third kappa shape index (κ3) is 4.49. The van der Waals surface area contributed by atoms with Crippen LogP contribution in [-0.4, -0.2) is 28.0 Å². The molecule has 0 unspecified atom stereocenters. The average molecular weight is 442 g/mol. The van der Waals surface area contributed by atoms with E-state index in [-0.39, 0.29) is 23.9 Å². The van der Waals surface area contributed by atoms with Crippen molar-refractivity contribution in [1.82, 2.24) is 9.97 Å². The molecule has 32 heavy (non-hydrogen) atoms. The van der Waals surface area contributed by atoms with E-state index in [1.54, 1.807) is 12.3 Å². The van der Waals surface area contributed by atoms with E-state index >= 15 is 0 Å². The summed E-state index contributed by atoms with van der Waals surface area (Å²) in [5.41, 5.74) is 5.75. The molecule has 1 aliphatic rings. The first kappa shape index (κ1) is 21.9. The van der Waals surface area contributed by atoms with Gasteiger partial charge in [-0.15, -0.1) is 0 Å². The van der Waals surface area contributed by atoms with Gasteiger partial charge in [-0.3, -0.25) is 9.78 Å². The van der Waals surface area contributed by atoms with Crippen molar-refractivity contribution in [2.45, 2.75) is 38.0 Å². The van der Waals surface area contributed by atoms with Crippen molar-refractivity contribution in [3.63, 3.8) is 0 Å². The van der Waals surface area contributed by atoms with Crippen LogP contribution >= 0.6 is 0 Å². The summed E-state index contributed by atoms with van der Waals surface area (Å²) >= 11 is 0. The lowest BCUT2D eigenvalue weighted by Gasteiger charge is -2.33. The fourth-order valence-corrected chi connectivity index (χ4v) is 3.83. The van der Waals surface area contributed by atoms with Crippen LogP contribution in [0, 0.1) is 17.5 Å². The molecule has 1 aliphatic heterocycles. The van der Waals surface area contributed by atoms with Gasteiger partial charge in [-0.25, -0.2) is 18.2 Å². The van der Waals surface area contributed by atoms with Gasteiger partial charge in [-0.05, 0) is 50.1 Å². The molecule has 1 fully saturated rings. The standard InChI is InChI=1S/C23H21F3N4O2/c1-12-9-13(27)10-20(32-12)14-7-8-28-11-19(14)30-23(31)18-6-5-17(26)22(29-18)21-15(24)3-2-4-16(21)25/h2-8,11-13,20H,9-10,27H2,1H3,(H,30,31)/t12-,13+,20-/m1/s1. The quantitative estimate of drug-likeness (QED) is 0.626. The monoisotopic (exact) mass is 442 g/mol. The molecule has 0 radical (unpaired) electrons. The van der Waals surface area contributed by atoms with Crippen LogP contribution in [0.25, 0.3) is 11.3 Å². The van der Waals surface area contributed by atoms with Crippen LogP contribution in [0.4, 0.5) is 18.9 Å². The lowest BCUT2D eigenvalue weighted by molar-refractivity contribution is -0.0483. The maximum atomic E-state index is 14.3. The Morgan fingerprint density at radius 3 is 2.56 bits per heavy atom. The second-order valence-corrected chi connectivity index (χ2v) is 7.71. The highest BCUT2D eigenvalue weighted by atomic mass is 19.1. The van der Waals surface area contributed by atoms with Crippen molar-refractivity contribution in [3.05, 3.63) is 77.5 Å². The fraction of sp³-hybridized carbons (Fsp3) is 0.261. The summed E-state index contributed by atoms with van der Waals surface area (Å²) in [6.07, 6.45) is 3.96. The summed E-state index contributed by atoms with van der Waals surface area (Å²) < 4.78 is 48.6. The van der Waals surface area contributed by atoms with Crippen LogP contribution < -0.4 is 11.1 Å². The molecule has 3 atom stereocenters. The summed E-state index contributed by atoms with van der Waals surface area (Å²) in [5, 5.41) is 2.69. The second-order valence-electron chi connectivity index (χ2n) is 7.71. The number of carbonyl (C=O) groups is 1. The van der Waals surface area contributed by atoms with E-state index in [9.17, 15) is 18.0 Å². The molecule has 1 saturated heterocycles. The van der Waals surface area contributed by atoms with Crippen LogP contribution in [0.15, 0.2) is 48.8 Å². The Labute approximate surface area is 182 Å². The van der Waals surface area contributed by atoms with Crippen molar-refractivity contribution >= 4 is 11.6 Å². The first-order valence-electron chi connectivity index (χ1n) is 10.1. The number of anilines is 1. The Morgan fingerprint density at radius 2 is 1.84 bits per heavy atom. The minimum absolute atomic E-state index is 0.0440. The zero-order valence-electron chi connectivity index (χ0n) is 17.2. The zero-order chi connectivity index (χ0) is 22.8. The molecule has 0 bridgehead atoms. The van der Waals surface area contributed by atoms with Gasteiger partial charge in [0.25, 0.3) is 5.91 Å². The minimum Gasteiger partial charge on any atom is -0.370 e. The Kier molecular flexibility index (Phi) is 6.20. The zero-order valence-corrected chi connectivity index (χ0v) is 17.2. The summed E-state index contributed by atoms with van der Waals surface area (Å²) in [5.74, 6) is -3.61. The highest BCUT2D eigenvalue weighted by Crippen LogP contribution is 2.34. The van der Waals surface area contributed by atoms with Crippen molar-refractivity contribution in [2.24, 2.45) is 5.73 Å². The number of nitrogens with zero attached hydrogens (tertiary/aromatic N) is 2. The molecule has 1 amide bonds. The van der Waals surface area contributed by atoms with Crippen molar-refractivity contribution < 1.29 is 22.7 Å². The first-order valence-corrected chi connectivity index (χ1v) is 10.1. The number of aromatic nitrogens is 2. The maximum Gasteiger partial charge on any atom is 0.274 e. The first-order chi connectivity index (χ1) is 15.3. The molecule has 1 aromatic carbocycles. The molecule has 3 heterocycles. The Bertz CT molecular complexity index is 1130. The van der Waals surface area contributed by atoms with E-state index in [0.29, 0.717) is 17.7 Å². The summed E-state index contributed by atoms with van der Waals surface area (Å²) in [6, 6.07) is 6.90. The van der Waals surface area contributed by atoms with Gasteiger partial charge in [-0.1, -0.05) is 6.07 Å². The molecule has 0 saturated carbocycles. The molecule has 166 valence electrons. The smallest absolute Gasteiger partial charge is 0.274 e. The highest BCUT2D eigenvalue weighted by molar-refractivity contribution is 6.03. The van der Waals surface area contributed by atoms with Crippen molar-refractivity contribution in [1.29, 1.82) is 0 Å². The molecular weight excluding hydrogens is 421 g/mol. The molecular formula is C23H21F3N4O2. The molecule has 2 aromatic heterocycles. The Hall–Kier alpha value is -3.30. The molecule has 0 aliphatic carbocycles. The summed E-state index contributed by atoms with van der Waals surface area (Å²) in [7, 11) is 0. The molecule has 6 nitrogen and oxygen atoms in total. The largest absolute Gasteiger partial charge is 0.370 e. The number of amides is 1. The van der Waals surface area contributed by atoms with E-state index in [1.165, 1.54) is 6.20 Å². The second kappa shape index (κ2) is 9.05. The van der Waals surface area contributed by atoms with E-state index in [2.05, 4.69) is 15.3 Å². The number of nitrogens with one attached hydrogen (secondary N) is 1. The topological polar surface area (TPSA) is 90.1 Å². The highest BCUT2D eigenvalue weighted by Gasteiger charge is 2.28. The number of halogens is 3. The minimum atomic E-state index is -0.983. The number of rotatable bonds is 4. The van der Waals surface area contributed by atoms with Gasteiger partial charge in [0.1, 0.15) is 28.8 Å². The lowest BCUT2D eigenvalue weighted by Crippen LogP contribution is -2.35. The number of hydrogen-bond acceptors (Lipinski definition) is 5. The van der Waals surface area contributed by atoms with Gasteiger partial charge in [0.15, 0.2) is 0 Å². The number of nitrogens with two attached hydrogens (primary N) is 1. The molecule has 3 aromatic rings. The lowest BCUT2D eigenvalue weighted by atomic mass is 9.95. The van der Waals surface area contributed by atoms with Gasteiger partial charge in [-0.2, -0.15) is 0 Å². The van der Waals surface area contributed by atoms with Crippen LogP contribution in [-0.2, 0) is 4.74 Å². The molecule has 9 heteroatoms. The predicted molar refractivity (Wildman–Crippen MR) is 112 cm³/mol. The summed E-state index contributed by atoms with van der Waals surface area (Å²) in [4.78, 5) is 20.8. The number of ether oxygens (including phenoxy) is 1. The van der Waals surface area contributed by atoms with Gasteiger partial charge in [0.2, 0.25) is 0 Å². The van der Waals surface area contributed by atoms with Crippen molar-refractivity contribution in [3.8, 4) is 11.3 Å². The Morgan fingerprint density at radius 1 is 1.09 bits per heavy atom. The van der Waals surface area contributed by atoms with Crippen LogP contribution in [0.3, 0.4) is 0 Å². The summed E-state index contributed by atoms with van der Waals surface area (Å²) in [6.45, 7) is 1.93. The molecule has 3 N–H and O–H groups in total. The van der Waals surface area contributed by atoms with Gasteiger partial charge in [0.05, 0.1) is 29.7 Å². The maximum absolute atomic E-state index is 14.3. The van der Waals surface area contributed by atoms with Gasteiger partial charge in [0, 0.05) is 17.8 Å². The Balaban J connectivity index is 1.64. The number of hydrogen-bond donors (Lipinski definition) is 2. The van der Waals surface area contributed by atoms with E-state index in [0.717, 1.165) is 36.8 Å². The third-order valence-electron chi connectivity index (χ3n) is 5.28. The van der Waals surface area contributed by atoms with E-state index in [1.807, 2.05) is 6.92 Å². The number of pyridine rings is 2. The number of benzene rings is 1. The van der Waals surface area contributed by atoms with Gasteiger partial charge < -0.3 is 15.8 Å². The fourth-order valence-electron chi connectivity index (χ4n) is 3.83. The predicted octanol–water partition coefficient (Wildman–Crippen LogP) is 4.38. The van der Waals surface area contributed by atoms with E-state index in [4.69, 9.17) is 10.5 Å².